The minimum Gasteiger partial charge on any atom is -0.485 e. The van der Waals surface area contributed by atoms with Crippen LogP contribution in [-0.4, -0.2) is 10.9 Å². The van der Waals surface area contributed by atoms with E-state index in [1.165, 1.54) is 6.07 Å². The fourth-order valence-electron chi connectivity index (χ4n) is 2.14. The first kappa shape index (κ1) is 13.2. The van der Waals surface area contributed by atoms with Gasteiger partial charge in [0.05, 0.1) is 5.02 Å². The van der Waals surface area contributed by atoms with E-state index in [2.05, 4.69) is 29.8 Å². The maximum absolute atomic E-state index is 13.6. The zero-order chi connectivity index (χ0) is 12.6. The zero-order valence-electron chi connectivity index (χ0n) is 9.84. The van der Waals surface area contributed by atoms with Gasteiger partial charge in [-0.15, -0.1) is 0 Å². The first-order valence-corrected chi connectivity index (χ1v) is 7.03. The fraction of sp³-hybridized carbons (Fsp3) is 0.538. The zero-order valence-corrected chi connectivity index (χ0v) is 12.2. The second kappa shape index (κ2) is 4.77. The van der Waals surface area contributed by atoms with E-state index < -0.39 is 5.82 Å². The maximum Gasteiger partial charge on any atom is 0.173 e. The van der Waals surface area contributed by atoms with Gasteiger partial charge in [0.1, 0.15) is 6.10 Å². The van der Waals surface area contributed by atoms with E-state index in [1.54, 1.807) is 12.1 Å². The molecule has 0 heterocycles. The average Bonchev–Trinajstić information content (AvgIpc) is 2.31. The van der Waals surface area contributed by atoms with Crippen LogP contribution in [0.5, 0.6) is 5.75 Å². The Morgan fingerprint density at radius 2 is 2.29 bits per heavy atom. The molecule has 1 aliphatic carbocycles. The Morgan fingerprint density at radius 3 is 2.82 bits per heavy atom. The molecule has 1 aliphatic rings. The van der Waals surface area contributed by atoms with Gasteiger partial charge in [-0.3, -0.25) is 0 Å². The number of benzene rings is 1. The highest BCUT2D eigenvalue weighted by Gasteiger charge is 2.51. The summed E-state index contributed by atoms with van der Waals surface area (Å²) in [6, 6.07) is 4.60. The molecule has 1 fully saturated rings. The molecule has 2 rings (SSSR count). The van der Waals surface area contributed by atoms with Crippen LogP contribution in [0.15, 0.2) is 18.2 Å². The number of rotatable bonds is 3. The Morgan fingerprint density at radius 1 is 1.59 bits per heavy atom. The summed E-state index contributed by atoms with van der Waals surface area (Å²) in [5.74, 6) is -0.216. The van der Waals surface area contributed by atoms with Crippen molar-refractivity contribution in [2.24, 2.45) is 5.41 Å². The molecule has 0 bridgehead atoms. The van der Waals surface area contributed by atoms with Crippen molar-refractivity contribution in [3.8, 4) is 5.75 Å². The molecular formula is C13H15BrClFO. The van der Waals surface area contributed by atoms with Crippen LogP contribution in [0.2, 0.25) is 5.02 Å². The van der Waals surface area contributed by atoms with E-state index in [9.17, 15) is 4.39 Å². The number of hydrogen-bond acceptors (Lipinski definition) is 1. The van der Waals surface area contributed by atoms with Crippen LogP contribution in [0.3, 0.4) is 0 Å². The number of para-hydroxylation sites is 1. The molecule has 4 heteroatoms. The summed E-state index contributed by atoms with van der Waals surface area (Å²) in [5.41, 5.74) is 0.0472. The van der Waals surface area contributed by atoms with Gasteiger partial charge in [0, 0.05) is 10.2 Å². The molecule has 0 amide bonds. The monoisotopic (exact) mass is 320 g/mol. The van der Waals surface area contributed by atoms with E-state index >= 15 is 0 Å². The molecule has 1 aromatic rings. The van der Waals surface area contributed by atoms with Crippen LogP contribution in [0.1, 0.15) is 26.7 Å². The predicted octanol–water partition coefficient (Wildman–Crippen LogP) is 4.81. The molecule has 3 unspecified atom stereocenters. The topological polar surface area (TPSA) is 9.23 Å². The lowest BCUT2D eigenvalue weighted by Gasteiger charge is -2.50. The van der Waals surface area contributed by atoms with Gasteiger partial charge in [0.25, 0.3) is 0 Å². The van der Waals surface area contributed by atoms with Gasteiger partial charge in [-0.05, 0) is 25.0 Å². The van der Waals surface area contributed by atoms with Gasteiger partial charge >= 0.3 is 0 Å². The van der Waals surface area contributed by atoms with Crippen molar-refractivity contribution in [3.63, 3.8) is 0 Å². The Labute approximate surface area is 114 Å². The quantitative estimate of drug-likeness (QED) is 0.726. The Bertz CT molecular complexity index is 406. The minimum atomic E-state index is -0.394. The second-order valence-corrected chi connectivity index (χ2v) is 6.23. The van der Waals surface area contributed by atoms with Crippen molar-refractivity contribution < 1.29 is 9.13 Å². The summed E-state index contributed by atoms with van der Waals surface area (Å²) in [4.78, 5) is 0.426. The normalized spacial score (nSPS) is 32.1. The van der Waals surface area contributed by atoms with Crippen LogP contribution in [0.4, 0.5) is 4.39 Å². The van der Waals surface area contributed by atoms with E-state index in [0.717, 1.165) is 12.8 Å². The third-order valence-corrected chi connectivity index (χ3v) is 5.53. The first-order valence-electron chi connectivity index (χ1n) is 5.73. The van der Waals surface area contributed by atoms with Crippen molar-refractivity contribution in [2.75, 3.05) is 0 Å². The smallest absolute Gasteiger partial charge is 0.173 e. The first-order chi connectivity index (χ1) is 7.99. The Balaban J connectivity index is 2.18. The molecule has 94 valence electrons. The molecule has 0 aromatic heterocycles. The highest BCUT2D eigenvalue weighted by molar-refractivity contribution is 9.09. The second-order valence-electron chi connectivity index (χ2n) is 4.72. The van der Waals surface area contributed by atoms with Crippen molar-refractivity contribution >= 4 is 27.5 Å². The number of hydrogen-bond donors (Lipinski definition) is 0. The van der Waals surface area contributed by atoms with Crippen LogP contribution >= 0.6 is 27.5 Å². The summed E-state index contributed by atoms with van der Waals surface area (Å²) >= 11 is 9.58. The van der Waals surface area contributed by atoms with Gasteiger partial charge in [-0.25, -0.2) is 4.39 Å². The van der Waals surface area contributed by atoms with Gasteiger partial charge < -0.3 is 4.74 Å². The molecule has 0 saturated heterocycles. The maximum atomic E-state index is 13.6. The molecule has 3 atom stereocenters. The van der Waals surface area contributed by atoms with Crippen LogP contribution in [-0.2, 0) is 0 Å². The predicted molar refractivity (Wildman–Crippen MR) is 71.6 cm³/mol. The van der Waals surface area contributed by atoms with Crippen LogP contribution in [0, 0.1) is 11.2 Å². The molecule has 0 N–H and O–H groups in total. The molecular weight excluding hydrogens is 306 g/mol. The summed E-state index contributed by atoms with van der Waals surface area (Å²) in [6.45, 7) is 4.27. The molecule has 0 radical (unpaired) electrons. The van der Waals surface area contributed by atoms with Crippen molar-refractivity contribution in [2.45, 2.75) is 37.6 Å². The number of ether oxygens (including phenoxy) is 1. The number of alkyl halides is 1. The molecule has 1 nitrogen and oxygen atoms in total. The SMILES string of the molecule is CCC1(C)C(Br)CC1Oc1c(F)cccc1Cl. The highest BCUT2D eigenvalue weighted by Crippen LogP contribution is 2.50. The molecule has 1 saturated carbocycles. The Kier molecular flexibility index (Phi) is 3.69. The van der Waals surface area contributed by atoms with Crippen LogP contribution < -0.4 is 4.74 Å². The lowest BCUT2D eigenvalue weighted by Crippen LogP contribution is -2.54. The summed E-state index contributed by atoms with van der Waals surface area (Å²) in [6.07, 6.45) is 1.89. The van der Waals surface area contributed by atoms with Gasteiger partial charge in [0.2, 0.25) is 0 Å². The van der Waals surface area contributed by atoms with Gasteiger partial charge in [0.15, 0.2) is 11.6 Å². The average molecular weight is 322 g/mol. The standard InChI is InChI=1S/C13H15BrClFO/c1-3-13(2)10(14)7-11(13)17-12-8(15)5-4-6-9(12)16/h4-6,10-11H,3,7H2,1-2H3. The summed E-state index contributed by atoms with van der Waals surface area (Å²) < 4.78 is 19.4. The van der Waals surface area contributed by atoms with Crippen molar-refractivity contribution in [1.82, 2.24) is 0 Å². The lowest BCUT2D eigenvalue weighted by molar-refractivity contribution is -0.0263. The lowest BCUT2D eigenvalue weighted by atomic mass is 9.65. The third-order valence-electron chi connectivity index (χ3n) is 3.81. The van der Waals surface area contributed by atoms with Gasteiger partial charge in [-0.1, -0.05) is 47.4 Å². The largest absolute Gasteiger partial charge is 0.485 e. The highest BCUT2D eigenvalue weighted by atomic mass is 79.9. The molecule has 0 spiro atoms. The van der Waals surface area contributed by atoms with Gasteiger partial charge in [-0.2, -0.15) is 0 Å². The van der Waals surface area contributed by atoms with Crippen LogP contribution in [0.25, 0.3) is 0 Å². The van der Waals surface area contributed by atoms with E-state index in [0.29, 0.717) is 9.85 Å². The Hall–Kier alpha value is -0.280. The minimum absolute atomic E-state index is 0.0197. The van der Waals surface area contributed by atoms with Crippen molar-refractivity contribution in [1.29, 1.82) is 0 Å². The van der Waals surface area contributed by atoms with E-state index in [-0.39, 0.29) is 17.3 Å². The summed E-state index contributed by atoms with van der Waals surface area (Å²) in [7, 11) is 0. The number of halogens is 3. The fourth-order valence-corrected chi connectivity index (χ4v) is 3.30. The van der Waals surface area contributed by atoms with E-state index in [1.807, 2.05) is 0 Å². The molecule has 17 heavy (non-hydrogen) atoms. The van der Waals surface area contributed by atoms with Crippen molar-refractivity contribution in [3.05, 3.63) is 29.0 Å². The molecule has 1 aromatic carbocycles. The molecule has 0 aliphatic heterocycles. The van der Waals surface area contributed by atoms with E-state index in [4.69, 9.17) is 16.3 Å². The summed E-state index contributed by atoms with van der Waals surface area (Å²) in [5, 5.41) is 0.335. The third kappa shape index (κ3) is 2.19.